The smallest absolute Gasteiger partial charge is 0.0783 e. The van der Waals surface area contributed by atoms with E-state index >= 15 is 0 Å². The molecule has 0 spiro atoms. The zero-order valence-electron chi connectivity index (χ0n) is 11.5. The summed E-state index contributed by atoms with van der Waals surface area (Å²) in [6, 6.07) is 0. The number of allylic oxidation sites excluding steroid dienone is 1. The minimum absolute atomic E-state index is 0.161. The fourth-order valence-corrected chi connectivity index (χ4v) is 3.68. The van der Waals surface area contributed by atoms with Crippen molar-refractivity contribution in [3.63, 3.8) is 0 Å². The van der Waals surface area contributed by atoms with Crippen LogP contribution in [-0.4, -0.2) is 11.2 Å². The first-order chi connectivity index (χ1) is 8.11. The molecule has 0 radical (unpaired) electrons. The number of rotatable bonds is 2. The third kappa shape index (κ3) is 3.13. The van der Waals surface area contributed by atoms with Crippen molar-refractivity contribution in [3.05, 3.63) is 11.6 Å². The van der Waals surface area contributed by atoms with E-state index in [0.717, 1.165) is 6.42 Å². The Bertz CT molecular complexity index is 277. The number of hydrogen-bond acceptors (Lipinski definition) is 1. The summed E-state index contributed by atoms with van der Waals surface area (Å²) in [4.78, 5) is 0. The summed E-state index contributed by atoms with van der Waals surface area (Å²) in [7, 11) is 0. The molecule has 2 unspecified atom stereocenters. The summed E-state index contributed by atoms with van der Waals surface area (Å²) < 4.78 is 0. The first-order valence-corrected chi connectivity index (χ1v) is 7.48. The van der Waals surface area contributed by atoms with Crippen molar-refractivity contribution in [2.24, 2.45) is 11.3 Å². The van der Waals surface area contributed by atoms with Gasteiger partial charge in [-0.1, -0.05) is 39.2 Å². The van der Waals surface area contributed by atoms with Gasteiger partial charge in [-0.25, -0.2) is 0 Å². The zero-order valence-corrected chi connectivity index (χ0v) is 11.5. The molecule has 0 heterocycles. The average Bonchev–Trinajstić information content (AvgIpc) is 2.56. The lowest BCUT2D eigenvalue weighted by molar-refractivity contribution is 0.0773. The molecular formula is C16H28O. The molecular weight excluding hydrogens is 208 g/mol. The van der Waals surface area contributed by atoms with Crippen LogP contribution >= 0.6 is 0 Å². The van der Waals surface area contributed by atoms with E-state index in [1.165, 1.54) is 56.9 Å². The Labute approximate surface area is 106 Å². The van der Waals surface area contributed by atoms with E-state index in [2.05, 4.69) is 19.9 Å². The molecule has 0 aliphatic heterocycles. The van der Waals surface area contributed by atoms with Gasteiger partial charge in [0.2, 0.25) is 0 Å². The fraction of sp³-hybridized carbons (Fsp3) is 0.875. The van der Waals surface area contributed by atoms with Crippen LogP contribution in [0.4, 0.5) is 0 Å². The van der Waals surface area contributed by atoms with Gasteiger partial charge in [0.1, 0.15) is 0 Å². The second kappa shape index (κ2) is 5.56. The molecule has 0 aromatic rings. The van der Waals surface area contributed by atoms with Crippen LogP contribution in [0.3, 0.4) is 0 Å². The molecule has 1 nitrogen and oxygen atoms in total. The van der Waals surface area contributed by atoms with Gasteiger partial charge in [-0.15, -0.1) is 0 Å². The molecule has 2 atom stereocenters. The molecule has 0 amide bonds. The predicted octanol–water partition coefficient (Wildman–Crippen LogP) is 4.45. The lowest BCUT2D eigenvalue weighted by Gasteiger charge is -2.33. The molecule has 0 aromatic heterocycles. The molecule has 1 fully saturated rings. The summed E-state index contributed by atoms with van der Waals surface area (Å²) in [5, 5.41) is 10.7. The lowest BCUT2D eigenvalue weighted by Crippen LogP contribution is -2.31. The topological polar surface area (TPSA) is 20.2 Å². The molecule has 0 aromatic carbocycles. The molecule has 98 valence electrons. The summed E-state index contributed by atoms with van der Waals surface area (Å²) in [5.74, 6) is 0.494. The number of hydrogen-bond donors (Lipinski definition) is 1. The first-order valence-electron chi connectivity index (χ1n) is 7.48. The predicted molar refractivity (Wildman–Crippen MR) is 72.9 cm³/mol. The van der Waals surface area contributed by atoms with Crippen LogP contribution in [0.1, 0.15) is 71.6 Å². The highest BCUT2D eigenvalue weighted by molar-refractivity contribution is 5.12. The molecule has 1 saturated carbocycles. The lowest BCUT2D eigenvalue weighted by atomic mass is 9.75. The maximum atomic E-state index is 10.7. The number of aliphatic hydroxyl groups is 1. The van der Waals surface area contributed by atoms with Gasteiger partial charge in [0.25, 0.3) is 0 Å². The quantitative estimate of drug-likeness (QED) is 0.702. The van der Waals surface area contributed by atoms with Crippen molar-refractivity contribution >= 4 is 0 Å². The van der Waals surface area contributed by atoms with Crippen molar-refractivity contribution in [3.8, 4) is 0 Å². The van der Waals surface area contributed by atoms with Gasteiger partial charge in [-0.3, -0.25) is 0 Å². The minimum Gasteiger partial charge on any atom is -0.388 e. The normalized spacial score (nSPS) is 31.5. The van der Waals surface area contributed by atoms with Gasteiger partial charge < -0.3 is 5.11 Å². The SMILES string of the molecule is CC1(C)CCCC1C(O)C1=CCCCCCC1. The highest BCUT2D eigenvalue weighted by atomic mass is 16.3. The van der Waals surface area contributed by atoms with Crippen molar-refractivity contribution in [1.29, 1.82) is 0 Å². The van der Waals surface area contributed by atoms with Crippen LogP contribution in [0.5, 0.6) is 0 Å². The molecule has 2 aliphatic rings. The van der Waals surface area contributed by atoms with Crippen molar-refractivity contribution in [1.82, 2.24) is 0 Å². The molecule has 1 heteroatoms. The Hall–Kier alpha value is -0.300. The second-order valence-corrected chi connectivity index (χ2v) is 6.66. The van der Waals surface area contributed by atoms with Crippen molar-refractivity contribution in [2.45, 2.75) is 77.7 Å². The highest BCUT2D eigenvalue weighted by Crippen LogP contribution is 2.46. The molecule has 1 N–H and O–H groups in total. The molecule has 2 rings (SSSR count). The Morgan fingerprint density at radius 2 is 1.94 bits per heavy atom. The third-order valence-corrected chi connectivity index (χ3v) is 4.93. The van der Waals surface area contributed by atoms with E-state index in [1.807, 2.05) is 0 Å². The van der Waals surface area contributed by atoms with Crippen molar-refractivity contribution in [2.75, 3.05) is 0 Å². The molecule has 17 heavy (non-hydrogen) atoms. The maximum absolute atomic E-state index is 10.7. The zero-order chi connectivity index (χ0) is 12.3. The molecule has 0 bridgehead atoms. The minimum atomic E-state index is -0.161. The van der Waals surface area contributed by atoms with Crippen LogP contribution in [-0.2, 0) is 0 Å². The van der Waals surface area contributed by atoms with E-state index in [9.17, 15) is 5.11 Å². The van der Waals surface area contributed by atoms with Crippen LogP contribution in [0.2, 0.25) is 0 Å². The maximum Gasteiger partial charge on any atom is 0.0783 e. The van der Waals surface area contributed by atoms with E-state index in [-0.39, 0.29) is 6.10 Å². The van der Waals surface area contributed by atoms with Gasteiger partial charge >= 0.3 is 0 Å². The van der Waals surface area contributed by atoms with Crippen molar-refractivity contribution < 1.29 is 5.11 Å². The molecule has 2 aliphatic carbocycles. The van der Waals surface area contributed by atoms with E-state index < -0.39 is 0 Å². The van der Waals surface area contributed by atoms with Crippen LogP contribution in [0.25, 0.3) is 0 Å². The largest absolute Gasteiger partial charge is 0.388 e. The highest BCUT2D eigenvalue weighted by Gasteiger charge is 2.39. The standard InChI is InChI=1S/C16H28O/c1-16(2)12-8-11-14(16)15(17)13-9-6-4-3-5-7-10-13/h9,14-15,17H,3-8,10-12H2,1-2H3. The van der Waals surface area contributed by atoms with Gasteiger partial charge in [0.15, 0.2) is 0 Å². The van der Waals surface area contributed by atoms with E-state index in [1.54, 1.807) is 0 Å². The van der Waals surface area contributed by atoms with Crippen LogP contribution in [0, 0.1) is 11.3 Å². The van der Waals surface area contributed by atoms with Gasteiger partial charge in [-0.05, 0) is 55.4 Å². The molecule has 0 saturated heterocycles. The van der Waals surface area contributed by atoms with Gasteiger partial charge in [0, 0.05) is 0 Å². The number of aliphatic hydroxyl groups excluding tert-OH is 1. The Balaban J connectivity index is 2.04. The Morgan fingerprint density at radius 1 is 1.18 bits per heavy atom. The van der Waals surface area contributed by atoms with Gasteiger partial charge in [-0.2, -0.15) is 0 Å². The summed E-state index contributed by atoms with van der Waals surface area (Å²) in [6.45, 7) is 4.66. The Kier molecular flexibility index (Phi) is 4.30. The van der Waals surface area contributed by atoms with Crippen LogP contribution < -0.4 is 0 Å². The summed E-state index contributed by atoms with van der Waals surface area (Å²) >= 11 is 0. The van der Waals surface area contributed by atoms with Gasteiger partial charge in [0.05, 0.1) is 6.10 Å². The summed E-state index contributed by atoms with van der Waals surface area (Å²) in [5.41, 5.74) is 1.69. The van der Waals surface area contributed by atoms with E-state index in [0.29, 0.717) is 11.3 Å². The monoisotopic (exact) mass is 236 g/mol. The summed E-state index contributed by atoms with van der Waals surface area (Å²) in [6.07, 6.45) is 13.6. The Morgan fingerprint density at radius 3 is 2.65 bits per heavy atom. The second-order valence-electron chi connectivity index (χ2n) is 6.66. The average molecular weight is 236 g/mol. The third-order valence-electron chi connectivity index (χ3n) is 4.93. The fourth-order valence-electron chi connectivity index (χ4n) is 3.68. The van der Waals surface area contributed by atoms with E-state index in [4.69, 9.17) is 0 Å². The first kappa shape index (κ1) is 13.1. The van der Waals surface area contributed by atoms with Crippen LogP contribution in [0.15, 0.2) is 11.6 Å².